The highest BCUT2D eigenvalue weighted by atomic mass is 16.2. The quantitative estimate of drug-likeness (QED) is 0.471. The highest BCUT2D eigenvalue weighted by molar-refractivity contribution is 5.94. The predicted molar refractivity (Wildman–Crippen MR) is 129 cm³/mol. The molecule has 3 aromatic carbocycles. The Labute approximate surface area is 192 Å². The number of aromatic nitrogens is 2. The zero-order valence-electron chi connectivity index (χ0n) is 18.3. The molecule has 0 spiro atoms. The Morgan fingerprint density at radius 2 is 1.64 bits per heavy atom. The minimum Gasteiger partial charge on any atom is -0.339 e. The zero-order valence-corrected chi connectivity index (χ0v) is 18.3. The smallest absolute Gasteiger partial charge is 0.253 e. The average molecular weight is 439 g/mol. The Kier molecular flexibility index (Phi) is 5.89. The highest BCUT2D eigenvalue weighted by Gasteiger charge is 2.25. The number of benzene rings is 3. The third-order valence-electron chi connectivity index (χ3n) is 6.29. The lowest BCUT2D eigenvalue weighted by Gasteiger charge is -2.31. The molecule has 0 atom stereocenters. The predicted octanol–water partition coefficient (Wildman–Crippen LogP) is 4.76. The van der Waals surface area contributed by atoms with E-state index in [1.54, 1.807) is 0 Å². The molecule has 1 saturated heterocycles. The van der Waals surface area contributed by atoms with Crippen molar-refractivity contribution in [1.82, 2.24) is 15.1 Å². The molecule has 1 aliphatic heterocycles. The van der Waals surface area contributed by atoms with Crippen molar-refractivity contribution in [3.8, 4) is 0 Å². The van der Waals surface area contributed by atoms with Gasteiger partial charge in [-0.15, -0.1) is 0 Å². The second-order valence-corrected chi connectivity index (χ2v) is 8.55. The molecule has 1 aromatic heterocycles. The summed E-state index contributed by atoms with van der Waals surface area (Å²) in [4.78, 5) is 27.1. The number of likely N-dealkylation sites (tertiary alicyclic amines) is 1. The van der Waals surface area contributed by atoms with Gasteiger partial charge in [-0.1, -0.05) is 60.7 Å². The van der Waals surface area contributed by atoms with Crippen LogP contribution in [0.5, 0.6) is 0 Å². The Bertz CT molecular complexity index is 1270. The normalized spacial score (nSPS) is 14.4. The van der Waals surface area contributed by atoms with Crippen LogP contribution in [0.2, 0.25) is 0 Å². The molecule has 6 heteroatoms. The van der Waals surface area contributed by atoms with E-state index in [2.05, 4.69) is 33.7 Å². The molecule has 0 saturated carbocycles. The molecule has 0 unspecified atom stereocenters. The van der Waals surface area contributed by atoms with Crippen molar-refractivity contribution in [3.63, 3.8) is 0 Å². The standard InChI is InChI=1S/C27H26N4O2/c32-26(17-19-10-11-20-6-4-5-9-23(20)16-19)28-25-18-24(29-30-25)21-12-14-31(15-13-21)27(33)22-7-2-1-3-8-22/h1-11,16,18,21H,12-15,17H2,(H2,28,29,30,32). The van der Waals surface area contributed by atoms with Crippen LogP contribution in [-0.4, -0.2) is 40.0 Å². The molecule has 0 bridgehead atoms. The fraction of sp³-hybridized carbons (Fsp3) is 0.222. The number of hydrogen-bond acceptors (Lipinski definition) is 3. The first-order chi connectivity index (χ1) is 16.2. The molecule has 4 aromatic rings. The van der Waals surface area contributed by atoms with Gasteiger partial charge in [0.25, 0.3) is 5.91 Å². The van der Waals surface area contributed by atoms with Crippen molar-refractivity contribution in [2.45, 2.75) is 25.2 Å². The van der Waals surface area contributed by atoms with Gasteiger partial charge < -0.3 is 10.2 Å². The number of piperidine rings is 1. The minimum absolute atomic E-state index is 0.0836. The Balaban J connectivity index is 1.16. The van der Waals surface area contributed by atoms with E-state index in [0.29, 0.717) is 31.2 Å². The number of hydrogen-bond donors (Lipinski definition) is 2. The van der Waals surface area contributed by atoms with Crippen LogP contribution in [0.25, 0.3) is 10.8 Å². The molecular formula is C27H26N4O2. The molecule has 2 amide bonds. The zero-order chi connectivity index (χ0) is 22.6. The van der Waals surface area contributed by atoms with E-state index in [9.17, 15) is 9.59 Å². The number of aromatic amines is 1. The summed E-state index contributed by atoms with van der Waals surface area (Å²) < 4.78 is 0. The van der Waals surface area contributed by atoms with Crippen molar-refractivity contribution in [1.29, 1.82) is 0 Å². The van der Waals surface area contributed by atoms with Gasteiger partial charge >= 0.3 is 0 Å². The van der Waals surface area contributed by atoms with Gasteiger partial charge in [-0.2, -0.15) is 5.10 Å². The first kappa shape index (κ1) is 20.9. The summed E-state index contributed by atoms with van der Waals surface area (Å²) in [5.41, 5.74) is 2.70. The fourth-order valence-electron chi connectivity index (χ4n) is 4.49. The van der Waals surface area contributed by atoms with Crippen LogP contribution in [0.3, 0.4) is 0 Å². The monoisotopic (exact) mass is 438 g/mol. The summed E-state index contributed by atoms with van der Waals surface area (Å²) in [7, 11) is 0. The van der Waals surface area contributed by atoms with Gasteiger partial charge in [-0.3, -0.25) is 14.7 Å². The Hall–Kier alpha value is -3.93. The summed E-state index contributed by atoms with van der Waals surface area (Å²) in [6, 6.07) is 25.5. The largest absolute Gasteiger partial charge is 0.339 e. The van der Waals surface area contributed by atoms with Gasteiger partial charge in [0.2, 0.25) is 5.91 Å². The van der Waals surface area contributed by atoms with Crippen LogP contribution in [0.4, 0.5) is 5.82 Å². The summed E-state index contributed by atoms with van der Waals surface area (Å²) in [5, 5.41) is 12.6. The maximum atomic E-state index is 12.6. The topological polar surface area (TPSA) is 78.1 Å². The van der Waals surface area contributed by atoms with Gasteiger partial charge in [-0.25, -0.2) is 0 Å². The van der Waals surface area contributed by atoms with E-state index in [1.807, 2.05) is 65.6 Å². The van der Waals surface area contributed by atoms with Crippen LogP contribution in [-0.2, 0) is 11.2 Å². The second kappa shape index (κ2) is 9.28. The molecule has 166 valence electrons. The lowest BCUT2D eigenvalue weighted by atomic mass is 9.93. The molecule has 33 heavy (non-hydrogen) atoms. The molecule has 0 radical (unpaired) electrons. The van der Waals surface area contributed by atoms with E-state index in [-0.39, 0.29) is 11.8 Å². The van der Waals surface area contributed by atoms with Crippen LogP contribution >= 0.6 is 0 Å². The molecule has 1 aliphatic rings. The van der Waals surface area contributed by atoms with Crippen LogP contribution in [0, 0.1) is 0 Å². The van der Waals surface area contributed by atoms with E-state index in [4.69, 9.17) is 0 Å². The number of H-pyrrole nitrogens is 1. The van der Waals surface area contributed by atoms with Crippen molar-refractivity contribution in [3.05, 3.63) is 95.7 Å². The number of amides is 2. The SMILES string of the molecule is O=C(Cc1ccc2ccccc2c1)Nc1cc(C2CCN(C(=O)c3ccccc3)CC2)[nH]n1. The summed E-state index contributed by atoms with van der Waals surface area (Å²) in [6.07, 6.45) is 2.03. The van der Waals surface area contributed by atoms with Gasteiger partial charge in [0.1, 0.15) is 0 Å². The molecule has 0 aliphatic carbocycles. The third kappa shape index (κ3) is 4.80. The van der Waals surface area contributed by atoms with Crippen molar-refractivity contribution in [2.75, 3.05) is 18.4 Å². The van der Waals surface area contributed by atoms with Crippen LogP contribution in [0.15, 0.2) is 78.9 Å². The number of rotatable bonds is 5. The summed E-state index contributed by atoms with van der Waals surface area (Å²) in [5.74, 6) is 0.828. The van der Waals surface area contributed by atoms with Crippen molar-refractivity contribution >= 4 is 28.4 Å². The van der Waals surface area contributed by atoms with Gasteiger partial charge in [0.05, 0.1) is 6.42 Å². The minimum atomic E-state index is -0.0911. The maximum absolute atomic E-state index is 12.6. The van der Waals surface area contributed by atoms with Crippen LogP contribution in [0.1, 0.15) is 40.4 Å². The number of nitrogens with zero attached hydrogens (tertiary/aromatic N) is 2. The Morgan fingerprint density at radius 3 is 2.42 bits per heavy atom. The van der Waals surface area contributed by atoms with Gasteiger partial charge in [0.15, 0.2) is 5.82 Å². The number of anilines is 1. The van der Waals surface area contributed by atoms with Gasteiger partial charge in [0, 0.05) is 36.3 Å². The number of fused-ring (bicyclic) bond motifs is 1. The van der Waals surface area contributed by atoms with E-state index < -0.39 is 0 Å². The van der Waals surface area contributed by atoms with Gasteiger partial charge in [-0.05, 0) is 41.3 Å². The lowest BCUT2D eigenvalue weighted by Crippen LogP contribution is -2.37. The summed E-state index contributed by atoms with van der Waals surface area (Å²) in [6.45, 7) is 1.42. The Morgan fingerprint density at radius 1 is 0.909 bits per heavy atom. The van der Waals surface area contributed by atoms with E-state index in [1.165, 1.54) is 0 Å². The number of carbonyl (C=O) groups excluding carboxylic acids is 2. The fourth-order valence-corrected chi connectivity index (χ4v) is 4.49. The molecular weight excluding hydrogens is 412 g/mol. The molecule has 6 nitrogen and oxygen atoms in total. The molecule has 1 fully saturated rings. The van der Waals surface area contributed by atoms with Crippen molar-refractivity contribution < 1.29 is 9.59 Å². The first-order valence-corrected chi connectivity index (χ1v) is 11.3. The lowest BCUT2D eigenvalue weighted by molar-refractivity contribution is -0.115. The average Bonchev–Trinajstić information content (AvgIpc) is 3.32. The maximum Gasteiger partial charge on any atom is 0.253 e. The molecule has 5 rings (SSSR count). The molecule has 2 N–H and O–H groups in total. The van der Waals surface area contributed by atoms with Crippen molar-refractivity contribution in [2.24, 2.45) is 0 Å². The number of carbonyl (C=O) groups is 2. The third-order valence-corrected chi connectivity index (χ3v) is 6.29. The summed E-state index contributed by atoms with van der Waals surface area (Å²) >= 11 is 0. The first-order valence-electron chi connectivity index (χ1n) is 11.3. The second-order valence-electron chi connectivity index (χ2n) is 8.55. The number of nitrogens with one attached hydrogen (secondary N) is 2. The molecule has 2 heterocycles. The highest BCUT2D eigenvalue weighted by Crippen LogP contribution is 2.28. The van der Waals surface area contributed by atoms with Crippen LogP contribution < -0.4 is 5.32 Å². The van der Waals surface area contributed by atoms with E-state index in [0.717, 1.165) is 40.4 Å². The van der Waals surface area contributed by atoms with E-state index >= 15 is 0 Å².